The molecule has 0 radical (unpaired) electrons. The molecule has 1 saturated heterocycles. The van der Waals surface area contributed by atoms with Crippen LogP contribution in [0.1, 0.15) is 18.4 Å². The summed E-state index contributed by atoms with van der Waals surface area (Å²) in [4.78, 5) is 25.6. The van der Waals surface area contributed by atoms with Crippen LogP contribution in [0, 0.1) is 5.92 Å². The number of para-hydroxylation sites is 1. The lowest BCUT2D eigenvalue weighted by Gasteiger charge is -2.28. The second-order valence-corrected chi connectivity index (χ2v) is 5.49. The molecule has 1 atom stereocenters. The van der Waals surface area contributed by atoms with Crippen LogP contribution in [0.3, 0.4) is 0 Å². The molecule has 1 aliphatic rings. The Kier molecular flexibility index (Phi) is 5.68. The van der Waals surface area contributed by atoms with E-state index in [1.54, 1.807) is 18.2 Å². The van der Waals surface area contributed by atoms with Gasteiger partial charge in [-0.2, -0.15) is 0 Å². The van der Waals surface area contributed by atoms with Gasteiger partial charge < -0.3 is 10.2 Å². The predicted octanol–water partition coefficient (Wildman–Crippen LogP) is 1.49. The standard InChI is InChI=1S/C16H21N3O3/c1-19-10-4-6-13(11-19)16(21)17-14-7-3-2-5-12(14)8-9-15(20)18-22/h2-3,5,7-9,13,22H,4,6,10-11H2,1H3,(H,17,21)(H,18,20)/b9-8+. The lowest BCUT2D eigenvalue weighted by atomic mass is 9.97. The number of nitrogens with one attached hydrogen (secondary N) is 2. The highest BCUT2D eigenvalue weighted by Gasteiger charge is 2.24. The zero-order valence-corrected chi connectivity index (χ0v) is 12.6. The van der Waals surface area contributed by atoms with Gasteiger partial charge in [0, 0.05) is 18.3 Å². The fraction of sp³-hybridized carbons (Fsp3) is 0.375. The SMILES string of the molecule is CN1CCCC(C(=O)Nc2ccccc2/C=C/C(=O)NO)C1. The molecule has 0 saturated carbocycles. The maximum atomic E-state index is 12.4. The van der Waals surface area contributed by atoms with Crippen LogP contribution in [0.5, 0.6) is 0 Å². The zero-order chi connectivity index (χ0) is 15.9. The van der Waals surface area contributed by atoms with Gasteiger partial charge in [0.2, 0.25) is 5.91 Å². The Hall–Kier alpha value is -2.18. The first-order chi connectivity index (χ1) is 10.6. The molecule has 1 aliphatic heterocycles. The van der Waals surface area contributed by atoms with Gasteiger partial charge in [0.05, 0.1) is 5.92 Å². The van der Waals surface area contributed by atoms with Crippen molar-refractivity contribution in [3.8, 4) is 0 Å². The number of nitrogens with zero attached hydrogens (tertiary/aromatic N) is 1. The number of likely N-dealkylation sites (tertiary alicyclic amines) is 1. The summed E-state index contributed by atoms with van der Waals surface area (Å²) >= 11 is 0. The molecule has 3 N–H and O–H groups in total. The Labute approximate surface area is 129 Å². The quantitative estimate of drug-likeness (QED) is 0.447. The van der Waals surface area contributed by atoms with Gasteiger partial charge in [0.15, 0.2) is 0 Å². The van der Waals surface area contributed by atoms with Gasteiger partial charge in [-0.25, -0.2) is 5.48 Å². The van der Waals surface area contributed by atoms with Crippen molar-refractivity contribution >= 4 is 23.6 Å². The molecular formula is C16H21N3O3. The van der Waals surface area contributed by atoms with E-state index in [2.05, 4.69) is 10.2 Å². The molecule has 118 valence electrons. The molecule has 6 heteroatoms. The largest absolute Gasteiger partial charge is 0.325 e. The molecule has 6 nitrogen and oxygen atoms in total. The van der Waals surface area contributed by atoms with Gasteiger partial charge in [-0.1, -0.05) is 18.2 Å². The van der Waals surface area contributed by atoms with Crippen molar-refractivity contribution < 1.29 is 14.8 Å². The van der Waals surface area contributed by atoms with Gasteiger partial charge in [0.25, 0.3) is 5.91 Å². The van der Waals surface area contributed by atoms with E-state index < -0.39 is 5.91 Å². The summed E-state index contributed by atoms with van der Waals surface area (Å²) in [6, 6.07) is 7.23. The molecular weight excluding hydrogens is 282 g/mol. The Morgan fingerprint density at radius 2 is 2.14 bits per heavy atom. The summed E-state index contributed by atoms with van der Waals surface area (Å²) in [5.41, 5.74) is 2.90. The fourth-order valence-electron chi connectivity index (χ4n) is 2.57. The third kappa shape index (κ3) is 4.41. The molecule has 2 rings (SSSR count). The number of benzene rings is 1. The number of anilines is 1. The van der Waals surface area contributed by atoms with Crippen molar-refractivity contribution in [1.82, 2.24) is 10.4 Å². The Balaban J connectivity index is 2.07. The molecule has 1 heterocycles. The zero-order valence-electron chi connectivity index (χ0n) is 12.6. The van der Waals surface area contributed by atoms with E-state index in [0.717, 1.165) is 25.9 Å². The number of carbonyl (C=O) groups is 2. The van der Waals surface area contributed by atoms with Crippen LogP contribution in [0.25, 0.3) is 6.08 Å². The summed E-state index contributed by atoms with van der Waals surface area (Å²) in [5, 5.41) is 11.4. The first kappa shape index (κ1) is 16.2. The summed E-state index contributed by atoms with van der Waals surface area (Å²) in [7, 11) is 2.02. The molecule has 2 amide bonds. The number of rotatable bonds is 4. The minimum Gasteiger partial charge on any atom is -0.325 e. The number of amides is 2. The summed E-state index contributed by atoms with van der Waals surface area (Å²) in [6.45, 7) is 1.79. The molecule has 22 heavy (non-hydrogen) atoms. The van der Waals surface area contributed by atoms with Crippen molar-refractivity contribution in [3.63, 3.8) is 0 Å². The van der Waals surface area contributed by atoms with Gasteiger partial charge >= 0.3 is 0 Å². The lowest BCUT2D eigenvalue weighted by molar-refractivity contribution is -0.124. The second-order valence-electron chi connectivity index (χ2n) is 5.49. The molecule has 0 bridgehead atoms. The van der Waals surface area contributed by atoms with Crippen molar-refractivity contribution in [1.29, 1.82) is 0 Å². The smallest absolute Gasteiger partial charge is 0.267 e. The fourth-order valence-corrected chi connectivity index (χ4v) is 2.57. The van der Waals surface area contributed by atoms with Gasteiger partial charge in [-0.15, -0.1) is 0 Å². The highest BCUT2D eigenvalue weighted by Crippen LogP contribution is 2.21. The third-order valence-corrected chi connectivity index (χ3v) is 3.74. The van der Waals surface area contributed by atoms with E-state index in [0.29, 0.717) is 11.3 Å². The molecule has 1 aromatic rings. The van der Waals surface area contributed by atoms with Crippen LogP contribution in [-0.2, 0) is 9.59 Å². The summed E-state index contributed by atoms with van der Waals surface area (Å²) < 4.78 is 0. The number of piperidine rings is 1. The number of hydroxylamine groups is 1. The van der Waals surface area contributed by atoms with Crippen molar-refractivity contribution in [2.75, 3.05) is 25.5 Å². The van der Waals surface area contributed by atoms with Crippen molar-refractivity contribution in [2.24, 2.45) is 5.92 Å². The lowest BCUT2D eigenvalue weighted by Crippen LogP contribution is -2.38. The van der Waals surface area contributed by atoms with Crippen LogP contribution in [0.15, 0.2) is 30.3 Å². The number of carbonyl (C=O) groups excluding carboxylic acids is 2. The summed E-state index contributed by atoms with van der Waals surface area (Å²) in [6.07, 6.45) is 4.67. The Bertz CT molecular complexity index is 572. The molecule has 0 aliphatic carbocycles. The van der Waals surface area contributed by atoms with Crippen LogP contribution in [0.2, 0.25) is 0 Å². The maximum absolute atomic E-state index is 12.4. The van der Waals surface area contributed by atoms with Crippen LogP contribution in [0.4, 0.5) is 5.69 Å². The highest BCUT2D eigenvalue weighted by atomic mass is 16.5. The Morgan fingerprint density at radius 3 is 2.86 bits per heavy atom. The number of hydrogen-bond donors (Lipinski definition) is 3. The first-order valence-corrected chi connectivity index (χ1v) is 7.30. The van der Waals surface area contributed by atoms with Crippen molar-refractivity contribution in [3.05, 3.63) is 35.9 Å². The van der Waals surface area contributed by atoms with E-state index in [1.165, 1.54) is 11.6 Å². The first-order valence-electron chi connectivity index (χ1n) is 7.30. The molecule has 0 aromatic heterocycles. The van der Waals surface area contributed by atoms with Crippen molar-refractivity contribution in [2.45, 2.75) is 12.8 Å². The predicted molar refractivity (Wildman–Crippen MR) is 84.3 cm³/mol. The topological polar surface area (TPSA) is 81.7 Å². The van der Waals surface area contributed by atoms with Gasteiger partial charge in [-0.05, 0) is 44.1 Å². The number of hydrogen-bond acceptors (Lipinski definition) is 4. The minimum absolute atomic E-state index is 0.000917. The van der Waals surface area contributed by atoms with E-state index in [1.807, 2.05) is 19.2 Å². The Morgan fingerprint density at radius 1 is 1.36 bits per heavy atom. The molecule has 1 unspecified atom stereocenters. The summed E-state index contributed by atoms with van der Waals surface area (Å²) in [5.74, 6) is -0.634. The monoisotopic (exact) mass is 303 g/mol. The maximum Gasteiger partial charge on any atom is 0.267 e. The molecule has 1 fully saturated rings. The second kappa shape index (κ2) is 7.72. The average molecular weight is 303 g/mol. The van der Waals surface area contributed by atoms with E-state index in [4.69, 9.17) is 5.21 Å². The minimum atomic E-state index is -0.616. The van der Waals surface area contributed by atoms with E-state index in [9.17, 15) is 9.59 Å². The van der Waals surface area contributed by atoms with Crippen LogP contribution in [-0.4, -0.2) is 42.1 Å². The van der Waals surface area contributed by atoms with Crippen LogP contribution < -0.4 is 10.8 Å². The molecule has 0 spiro atoms. The van der Waals surface area contributed by atoms with Gasteiger partial charge in [-0.3, -0.25) is 14.8 Å². The van der Waals surface area contributed by atoms with E-state index >= 15 is 0 Å². The van der Waals surface area contributed by atoms with Crippen LogP contribution >= 0.6 is 0 Å². The third-order valence-electron chi connectivity index (χ3n) is 3.74. The normalized spacial score (nSPS) is 19.1. The average Bonchev–Trinajstić information content (AvgIpc) is 2.53. The highest BCUT2D eigenvalue weighted by molar-refractivity contribution is 5.96. The molecule has 1 aromatic carbocycles. The van der Waals surface area contributed by atoms with E-state index in [-0.39, 0.29) is 11.8 Å². The van der Waals surface area contributed by atoms with Gasteiger partial charge in [0.1, 0.15) is 0 Å².